The van der Waals surface area contributed by atoms with Crippen LogP contribution in [0, 0.1) is 6.92 Å². The molecule has 1 amide bonds. The molecule has 1 aromatic heterocycles. The van der Waals surface area contributed by atoms with E-state index in [0.29, 0.717) is 15.4 Å². The van der Waals surface area contributed by atoms with Crippen molar-refractivity contribution in [3.63, 3.8) is 0 Å². The first-order valence-corrected chi connectivity index (χ1v) is 10.9. The number of hydrogen-bond acceptors (Lipinski definition) is 7. The molecule has 7 nitrogen and oxygen atoms in total. The fourth-order valence-electron chi connectivity index (χ4n) is 3.56. The number of hydrogen-bond donors (Lipinski definition) is 1. The Kier molecular flexibility index (Phi) is 7.23. The van der Waals surface area contributed by atoms with Gasteiger partial charge in [0.15, 0.2) is 5.78 Å². The van der Waals surface area contributed by atoms with Gasteiger partial charge in [0.1, 0.15) is 5.00 Å². The number of esters is 1. The zero-order valence-corrected chi connectivity index (χ0v) is 18.4. The van der Waals surface area contributed by atoms with Crippen molar-refractivity contribution in [1.29, 1.82) is 0 Å². The van der Waals surface area contributed by atoms with Crippen LogP contribution < -0.4 is 10.2 Å². The second-order valence-corrected chi connectivity index (χ2v) is 8.20. The van der Waals surface area contributed by atoms with E-state index in [1.807, 2.05) is 18.2 Å². The van der Waals surface area contributed by atoms with Crippen molar-refractivity contribution >= 4 is 39.7 Å². The molecule has 8 heteroatoms. The second-order valence-electron chi connectivity index (χ2n) is 7.18. The van der Waals surface area contributed by atoms with Crippen molar-refractivity contribution in [1.82, 2.24) is 4.90 Å². The molecule has 0 radical (unpaired) electrons. The topological polar surface area (TPSA) is 79.0 Å². The minimum atomic E-state index is -0.523. The molecular weight excluding hydrogens is 402 g/mol. The number of ketones is 1. The van der Waals surface area contributed by atoms with Crippen LogP contribution in [-0.4, -0.2) is 61.9 Å². The fraction of sp³-hybridized carbons (Fsp3) is 0.409. The van der Waals surface area contributed by atoms with Crippen LogP contribution in [0.1, 0.15) is 39.4 Å². The highest BCUT2D eigenvalue weighted by Gasteiger charge is 2.26. The van der Waals surface area contributed by atoms with E-state index in [9.17, 15) is 14.4 Å². The van der Waals surface area contributed by atoms with E-state index in [1.165, 1.54) is 12.6 Å². The highest BCUT2D eigenvalue weighted by atomic mass is 32.1. The maximum absolute atomic E-state index is 12.7. The van der Waals surface area contributed by atoms with Crippen LogP contribution in [0.15, 0.2) is 30.3 Å². The fourth-order valence-corrected chi connectivity index (χ4v) is 4.67. The third kappa shape index (κ3) is 5.06. The molecule has 2 aromatic rings. The first-order chi connectivity index (χ1) is 14.4. The second kappa shape index (κ2) is 9.86. The van der Waals surface area contributed by atoms with Gasteiger partial charge >= 0.3 is 5.97 Å². The molecule has 1 saturated heterocycles. The van der Waals surface area contributed by atoms with Gasteiger partial charge in [-0.3, -0.25) is 14.5 Å². The largest absolute Gasteiger partial charge is 0.462 e. The maximum Gasteiger partial charge on any atom is 0.341 e. The molecule has 0 atom stereocenters. The standard InChI is InChI=1S/C22H27N3O4S/c1-4-29-22(28)19-15(2)20(16(3)26)30-21(19)23-18(27)14-24-10-12-25(13-11-24)17-8-6-5-7-9-17/h5-9H,4,10-14H2,1-3H3,(H,23,27). The highest BCUT2D eigenvalue weighted by Crippen LogP contribution is 2.34. The first kappa shape index (κ1) is 22.0. The molecule has 2 heterocycles. The lowest BCUT2D eigenvalue weighted by atomic mass is 10.1. The van der Waals surface area contributed by atoms with Gasteiger partial charge in [-0.15, -0.1) is 11.3 Å². The van der Waals surface area contributed by atoms with Gasteiger partial charge in [0.2, 0.25) is 5.91 Å². The Balaban J connectivity index is 1.63. The minimum absolute atomic E-state index is 0.138. The van der Waals surface area contributed by atoms with Gasteiger partial charge in [0.25, 0.3) is 0 Å². The molecule has 1 aromatic carbocycles. The molecule has 0 spiro atoms. The zero-order chi connectivity index (χ0) is 21.7. The van der Waals surface area contributed by atoms with Crippen LogP contribution in [0.25, 0.3) is 0 Å². The van der Waals surface area contributed by atoms with Crippen LogP contribution in [0.4, 0.5) is 10.7 Å². The summed E-state index contributed by atoms with van der Waals surface area (Å²) < 4.78 is 5.12. The summed E-state index contributed by atoms with van der Waals surface area (Å²) >= 11 is 1.13. The number of thiophene rings is 1. The van der Waals surface area contributed by atoms with Gasteiger partial charge < -0.3 is 15.0 Å². The molecule has 1 aliphatic heterocycles. The van der Waals surface area contributed by atoms with E-state index in [-0.39, 0.29) is 30.4 Å². The van der Waals surface area contributed by atoms with Crippen molar-refractivity contribution in [3.8, 4) is 0 Å². The summed E-state index contributed by atoms with van der Waals surface area (Å²) in [5.41, 5.74) is 2.01. The first-order valence-electron chi connectivity index (χ1n) is 10.0. The molecule has 0 saturated carbocycles. The number of carbonyl (C=O) groups is 3. The van der Waals surface area contributed by atoms with Crippen molar-refractivity contribution in [3.05, 3.63) is 46.3 Å². The number of amides is 1. The van der Waals surface area contributed by atoms with E-state index in [2.05, 4.69) is 27.2 Å². The number of nitrogens with one attached hydrogen (secondary N) is 1. The van der Waals surface area contributed by atoms with Crippen molar-refractivity contribution in [2.75, 3.05) is 49.5 Å². The van der Waals surface area contributed by atoms with Gasteiger partial charge in [0, 0.05) is 31.9 Å². The van der Waals surface area contributed by atoms with E-state index < -0.39 is 5.97 Å². The van der Waals surface area contributed by atoms with Crippen molar-refractivity contribution < 1.29 is 19.1 Å². The lowest BCUT2D eigenvalue weighted by Crippen LogP contribution is -2.48. The number of piperazine rings is 1. The molecular formula is C22H27N3O4S. The summed E-state index contributed by atoms with van der Waals surface area (Å²) in [5.74, 6) is -0.865. The van der Waals surface area contributed by atoms with Crippen LogP contribution >= 0.6 is 11.3 Å². The van der Waals surface area contributed by atoms with E-state index >= 15 is 0 Å². The van der Waals surface area contributed by atoms with E-state index in [4.69, 9.17) is 4.74 Å². The number of Topliss-reactive ketones (excluding diaryl/α,β-unsaturated/α-hetero) is 1. The van der Waals surface area contributed by atoms with Gasteiger partial charge in [-0.05, 0) is 38.5 Å². The maximum atomic E-state index is 12.7. The van der Waals surface area contributed by atoms with Gasteiger partial charge in [-0.2, -0.15) is 0 Å². The number of anilines is 2. The normalized spacial score (nSPS) is 14.4. The Morgan fingerprint density at radius 3 is 2.37 bits per heavy atom. The summed E-state index contributed by atoms with van der Waals surface area (Å²) in [4.78, 5) is 41.8. The van der Waals surface area contributed by atoms with Gasteiger partial charge in [0.05, 0.1) is 23.6 Å². The third-order valence-electron chi connectivity index (χ3n) is 5.06. The Labute approximate surface area is 180 Å². The van der Waals surface area contributed by atoms with Crippen LogP contribution in [-0.2, 0) is 9.53 Å². The lowest BCUT2D eigenvalue weighted by Gasteiger charge is -2.35. The lowest BCUT2D eigenvalue weighted by molar-refractivity contribution is -0.117. The quantitative estimate of drug-likeness (QED) is 0.538. The number of benzene rings is 1. The van der Waals surface area contributed by atoms with E-state index in [0.717, 1.165) is 37.5 Å². The van der Waals surface area contributed by atoms with Crippen LogP contribution in [0.5, 0.6) is 0 Å². The number of carbonyl (C=O) groups excluding carboxylic acids is 3. The molecule has 3 rings (SSSR count). The summed E-state index contributed by atoms with van der Waals surface area (Å²) in [6.07, 6.45) is 0. The SMILES string of the molecule is CCOC(=O)c1c(NC(=O)CN2CCN(c3ccccc3)CC2)sc(C(C)=O)c1C. The van der Waals surface area contributed by atoms with Crippen LogP contribution in [0.3, 0.4) is 0 Å². The Bertz CT molecular complexity index is 918. The number of rotatable bonds is 7. The molecule has 1 N–H and O–H groups in total. The highest BCUT2D eigenvalue weighted by molar-refractivity contribution is 7.18. The zero-order valence-electron chi connectivity index (χ0n) is 17.6. The predicted molar refractivity (Wildman–Crippen MR) is 119 cm³/mol. The van der Waals surface area contributed by atoms with Gasteiger partial charge in [-0.25, -0.2) is 4.79 Å². The third-order valence-corrected chi connectivity index (χ3v) is 6.37. The Hall–Kier alpha value is -2.71. The number of ether oxygens (including phenoxy) is 1. The minimum Gasteiger partial charge on any atom is -0.462 e. The molecule has 0 unspecified atom stereocenters. The summed E-state index contributed by atoms with van der Waals surface area (Å²) in [7, 11) is 0. The molecule has 30 heavy (non-hydrogen) atoms. The Morgan fingerprint density at radius 2 is 1.77 bits per heavy atom. The molecule has 1 aliphatic rings. The molecule has 1 fully saturated rings. The van der Waals surface area contributed by atoms with Crippen molar-refractivity contribution in [2.45, 2.75) is 20.8 Å². The van der Waals surface area contributed by atoms with Crippen molar-refractivity contribution in [2.24, 2.45) is 0 Å². The molecule has 160 valence electrons. The smallest absolute Gasteiger partial charge is 0.341 e. The summed E-state index contributed by atoms with van der Waals surface area (Å²) in [5, 5.41) is 3.21. The predicted octanol–water partition coefficient (Wildman–Crippen LogP) is 3.20. The Morgan fingerprint density at radius 1 is 1.10 bits per heavy atom. The summed E-state index contributed by atoms with van der Waals surface area (Å²) in [6, 6.07) is 10.2. The molecule has 0 bridgehead atoms. The monoisotopic (exact) mass is 429 g/mol. The van der Waals surface area contributed by atoms with E-state index in [1.54, 1.807) is 13.8 Å². The average Bonchev–Trinajstić information content (AvgIpc) is 3.05. The van der Waals surface area contributed by atoms with Gasteiger partial charge in [-0.1, -0.05) is 18.2 Å². The summed E-state index contributed by atoms with van der Waals surface area (Å²) in [6.45, 7) is 8.57. The number of nitrogens with zero attached hydrogens (tertiary/aromatic N) is 2. The van der Waals surface area contributed by atoms with Crippen LogP contribution in [0.2, 0.25) is 0 Å². The number of para-hydroxylation sites is 1. The average molecular weight is 430 g/mol. The molecule has 0 aliphatic carbocycles.